The fourth-order valence-corrected chi connectivity index (χ4v) is 1.59. The zero-order chi connectivity index (χ0) is 8.10. The van der Waals surface area contributed by atoms with Crippen LogP contribution >= 0.6 is 0 Å². The van der Waals surface area contributed by atoms with Crippen LogP contribution in [0.1, 0.15) is 39.0 Å². The van der Waals surface area contributed by atoms with Crippen LogP contribution in [0.3, 0.4) is 0 Å². The topological polar surface area (TPSA) is 0 Å². The van der Waals surface area contributed by atoms with Crippen LogP contribution in [-0.2, 0) is 0 Å². The van der Waals surface area contributed by atoms with Crippen molar-refractivity contribution >= 4 is 0 Å². The first-order valence-electron chi connectivity index (χ1n) is 4.63. The summed E-state index contributed by atoms with van der Waals surface area (Å²) in [7, 11) is 0. The Bertz CT molecular complexity index is 153. The highest BCUT2D eigenvalue weighted by molar-refractivity contribution is 5.06. The van der Waals surface area contributed by atoms with E-state index in [1.807, 2.05) is 0 Å². The molecule has 1 unspecified atom stereocenters. The molecule has 0 spiro atoms. The van der Waals surface area contributed by atoms with E-state index in [-0.39, 0.29) is 0 Å². The van der Waals surface area contributed by atoms with Gasteiger partial charge in [-0.1, -0.05) is 24.6 Å². The highest BCUT2D eigenvalue weighted by Gasteiger charge is 2.05. The molecule has 0 nitrogen and oxygen atoms in total. The van der Waals surface area contributed by atoms with Crippen molar-refractivity contribution in [3.8, 4) is 0 Å². The molecule has 0 saturated heterocycles. The normalized spacial score (nSPS) is 20.6. The van der Waals surface area contributed by atoms with Crippen LogP contribution in [0.4, 0.5) is 0 Å². The Hall–Kier alpha value is -0.520. The van der Waals surface area contributed by atoms with Crippen LogP contribution in [0.25, 0.3) is 0 Å². The van der Waals surface area contributed by atoms with Gasteiger partial charge in [0.15, 0.2) is 0 Å². The van der Waals surface area contributed by atoms with Crippen LogP contribution in [0.5, 0.6) is 0 Å². The molecule has 0 aromatic rings. The number of rotatable bonds is 3. The fraction of sp³-hybridized carbons (Fsp3) is 0.636. The van der Waals surface area contributed by atoms with Gasteiger partial charge in [0.25, 0.3) is 0 Å². The second-order valence-electron chi connectivity index (χ2n) is 3.53. The predicted molar refractivity (Wildman–Crippen MR) is 50.5 cm³/mol. The summed E-state index contributed by atoms with van der Waals surface area (Å²) in [5.74, 6) is 0.666. The molecule has 62 valence electrons. The van der Waals surface area contributed by atoms with E-state index in [0.717, 1.165) is 0 Å². The molecule has 1 aliphatic carbocycles. The molecule has 0 aromatic carbocycles. The van der Waals surface area contributed by atoms with Gasteiger partial charge in [-0.3, -0.25) is 0 Å². The van der Waals surface area contributed by atoms with Crippen LogP contribution in [0.15, 0.2) is 24.3 Å². The summed E-state index contributed by atoms with van der Waals surface area (Å²) in [5.41, 5.74) is 1.66. The zero-order valence-electron chi connectivity index (χ0n) is 7.47. The summed E-state index contributed by atoms with van der Waals surface area (Å²) >= 11 is 0. The Labute approximate surface area is 70.0 Å². The summed E-state index contributed by atoms with van der Waals surface area (Å²) < 4.78 is 0. The summed E-state index contributed by atoms with van der Waals surface area (Å²) in [4.78, 5) is 0. The van der Waals surface area contributed by atoms with Crippen molar-refractivity contribution in [3.05, 3.63) is 24.3 Å². The molecular weight excluding hydrogens is 132 g/mol. The van der Waals surface area contributed by atoms with E-state index in [1.165, 1.54) is 32.1 Å². The third-order valence-electron chi connectivity index (χ3n) is 2.37. The Kier molecular flexibility index (Phi) is 3.41. The minimum absolute atomic E-state index is 0.666. The second-order valence-corrected chi connectivity index (χ2v) is 3.53. The molecule has 0 heterocycles. The molecule has 0 radical (unpaired) electrons. The van der Waals surface area contributed by atoms with Crippen molar-refractivity contribution in [1.82, 2.24) is 0 Å². The average molecular weight is 150 g/mol. The Morgan fingerprint density at radius 1 is 1.64 bits per heavy atom. The van der Waals surface area contributed by atoms with Crippen LogP contribution in [0.2, 0.25) is 0 Å². The largest absolute Gasteiger partial charge is 0.103 e. The maximum Gasteiger partial charge on any atom is -0.0227 e. The molecule has 1 rings (SSSR count). The number of hydrogen-bond acceptors (Lipinski definition) is 0. The standard InChI is InChI=1S/C11H18/c1-3-10(2)9-11-7-5-4-6-8-11/h3,7,10H,1,4-6,8-9H2,2H3. The van der Waals surface area contributed by atoms with Gasteiger partial charge in [0.05, 0.1) is 0 Å². The minimum Gasteiger partial charge on any atom is -0.103 e. The van der Waals surface area contributed by atoms with Crippen molar-refractivity contribution in [1.29, 1.82) is 0 Å². The van der Waals surface area contributed by atoms with Gasteiger partial charge in [0.2, 0.25) is 0 Å². The van der Waals surface area contributed by atoms with E-state index >= 15 is 0 Å². The van der Waals surface area contributed by atoms with Crippen molar-refractivity contribution in [2.75, 3.05) is 0 Å². The van der Waals surface area contributed by atoms with Gasteiger partial charge >= 0.3 is 0 Å². The second kappa shape index (κ2) is 4.38. The molecule has 0 fully saturated rings. The molecule has 0 bridgehead atoms. The predicted octanol–water partition coefficient (Wildman–Crippen LogP) is 3.70. The molecule has 0 aliphatic heterocycles. The molecular formula is C11H18. The summed E-state index contributed by atoms with van der Waals surface area (Å²) in [6.45, 7) is 6.04. The molecule has 0 N–H and O–H groups in total. The molecule has 1 atom stereocenters. The number of hydrogen-bond donors (Lipinski definition) is 0. The maximum absolute atomic E-state index is 3.80. The van der Waals surface area contributed by atoms with E-state index in [1.54, 1.807) is 5.57 Å². The smallest absolute Gasteiger partial charge is 0.0227 e. The summed E-state index contributed by atoms with van der Waals surface area (Å²) in [6.07, 6.45) is 11.1. The molecule has 11 heavy (non-hydrogen) atoms. The lowest BCUT2D eigenvalue weighted by Crippen LogP contribution is -1.97. The summed E-state index contributed by atoms with van der Waals surface area (Å²) in [6, 6.07) is 0. The lowest BCUT2D eigenvalue weighted by atomic mass is 9.92. The molecule has 0 heteroatoms. The third-order valence-corrected chi connectivity index (χ3v) is 2.37. The van der Waals surface area contributed by atoms with Crippen LogP contribution < -0.4 is 0 Å². The van der Waals surface area contributed by atoms with Gasteiger partial charge in [0.1, 0.15) is 0 Å². The monoisotopic (exact) mass is 150 g/mol. The van der Waals surface area contributed by atoms with Gasteiger partial charge in [-0.05, 0) is 38.0 Å². The van der Waals surface area contributed by atoms with Gasteiger partial charge in [-0.15, -0.1) is 6.58 Å². The number of allylic oxidation sites excluding steroid dienone is 3. The SMILES string of the molecule is C=CC(C)CC1=CCCCC1. The zero-order valence-corrected chi connectivity index (χ0v) is 7.47. The first kappa shape index (κ1) is 8.58. The fourth-order valence-electron chi connectivity index (χ4n) is 1.59. The van der Waals surface area contributed by atoms with E-state index < -0.39 is 0 Å². The van der Waals surface area contributed by atoms with E-state index in [0.29, 0.717) is 5.92 Å². The Balaban J connectivity index is 2.34. The lowest BCUT2D eigenvalue weighted by molar-refractivity contribution is 0.626. The quantitative estimate of drug-likeness (QED) is 0.538. The van der Waals surface area contributed by atoms with Gasteiger partial charge < -0.3 is 0 Å². The van der Waals surface area contributed by atoms with E-state index in [4.69, 9.17) is 0 Å². The maximum atomic E-state index is 3.80. The molecule has 0 aromatic heterocycles. The van der Waals surface area contributed by atoms with Crippen molar-refractivity contribution < 1.29 is 0 Å². The van der Waals surface area contributed by atoms with Crippen molar-refractivity contribution in [2.45, 2.75) is 39.0 Å². The molecule has 0 saturated carbocycles. The first-order valence-corrected chi connectivity index (χ1v) is 4.63. The molecule has 1 aliphatic rings. The first-order chi connectivity index (χ1) is 5.33. The van der Waals surface area contributed by atoms with Gasteiger partial charge in [-0.2, -0.15) is 0 Å². The van der Waals surface area contributed by atoms with Crippen molar-refractivity contribution in [2.24, 2.45) is 5.92 Å². The van der Waals surface area contributed by atoms with Crippen LogP contribution in [0, 0.1) is 5.92 Å². The van der Waals surface area contributed by atoms with Gasteiger partial charge in [0, 0.05) is 0 Å². The average Bonchev–Trinajstić information content (AvgIpc) is 2.06. The minimum atomic E-state index is 0.666. The highest BCUT2D eigenvalue weighted by atomic mass is 14.1. The van der Waals surface area contributed by atoms with Crippen LogP contribution in [-0.4, -0.2) is 0 Å². The summed E-state index contributed by atoms with van der Waals surface area (Å²) in [5, 5.41) is 0. The third kappa shape index (κ3) is 2.92. The Morgan fingerprint density at radius 2 is 2.45 bits per heavy atom. The van der Waals surface area contributed by atoms with E-state index in [2.05, 4.69) is 25.7 Å². The van der Waals surface area contributed by atoms with Gasteiger partial charge in [-0.25, -0.2) is 0 Å². The molecule has 0 amide bonds. The van der Waals surface area contributed by atoms with Crippen molar-refractivity contribution in [3.63, 3.8) is 0 Å². The highest BCUT2D eigenvalue weighted by Crippen LogP contribution is 2.23. The lowest BCUT2D eigenvalue weighted by Gasteiger charge is -2.14. The van der Waals surface area contributed by atoms with E-state index in [9.17, 15) is 0 Å². The Morgan fingerprint density at radius 3 is 3.00 bits per heavy atom.